The van der Waals surface area contributed by atoms with Crippen LogP contribution in [0.1, 0.15) is 16.1 Å². The van der Waals surface area contributed by atoms with E-state index >= 15 is 0 Å². The van der Waals surface area contributed by atoms with Gasteiger partial charge in [-0.3, -0.25) is 14.7 Å². The summed E-state index contributed by atoms with van der Waals surface area (Å²) >= 11 is 0. The van der Waals surface area contributed by atoms with Crippen molar-refractivity contribution in [3.8, 4) is 5.75 Å². The van der Waals surface area contributed by atoms with Crippen LogP contribution < -0.4 is 4.74 Å². The summed E-state index contributed by atoms with van der Waals surface area (Å²) in [4.78, 5) is 20.9. The van der Waals surface area contributed by atoms with Crippen LogP contribution in [0.25, 0.3) is 0 Å². The minimum atomic E-state index is -2.87. The first-order valence-electron chi connectivity index (χ1n) is 8.08. The normalized spacial score (nSPS) is 15.4. The second-order valence-electron chi connectivity index (χ2n) is 5.79. The van der Waals surface area contributed by atoms with E-state index in [9.17, 15) is 13.6 Å². The van der Waals surface area contributed by atoms with Crippen molar-refractivity contribution in [2.24, 2.45) is 0 Å². The number of halogens is 2. The SMILES string of the molecule is O=C(c1ccc(OC(F)F)cc1)N1CCN(Cc2ccccn2)CC1. The molecule has 132 valence electrons. The quantitative estimate of drug-likeness (QED) is 0.834. The van der Waals surface area contributed by atoms with Crippen LogP contribution in [0.2, 0.25) is 0 Å². The Hall–Kier alpha value is -2.54. The smallest absolute Gasteiger partial charge is 0.387 e. The van der Waals surface area contributed by atoms with Gasteiger partial charge in [0.25, 0.3) is 5.91 Å². The maximum atomic E-state index is 12.5. The largest absolute Gasteiger partial charge is 0.435 e. The first-order valence-corrected chi connectivity index (χ1v) is 8.08. The van der Waals surface area contributed by atoms with Gasteiger partial charge in [-0.2, -0.15) is 8.78 Å². The summed E-state index contributed by atoms with van der Waals surface area (Å²) in [6, 6.07) is 11.6. The first-order chi connectivity index (χ1) is 12.1. The van der Waals surface area contributed by atoms with Crippen LogP contribution in [-0.2, 0) is 6.54 Å². The van der Waals surface area contributed by atoms with Gasteiger partial charge in [-0.05, 0) is 36.4 Å². The van der Waals surface area contributed by atoms with Crippen molar-refractivity contribution in [3.63, 3.8) is 0 Å². The topological polar surface area (TPSA) is 45.7 Å². The van der Waals surface area contributed by atoms with E-state index in [1.807, 2.05) is 18.2 Å². The lowest BCUT2D eigenvalue weighted by Crippen LogP contribution is -2.48. The van der Waals surface area contributed by atoms with E-state index in [1.54, 1.807) is 11.1 Å². The van der Waals surface area contributed by atoms with Crippen LogP contribution >= 0.6 is 0 Å². The highest BCUT2D eigenvalue weighted by atomic mass is 19.3. The fourth-order valence-corrected chi connectivity index (χ4v) is 2.79. The lowest BCUT2D eigenvalue weighted by Gasteiger charge is -2.34. The second-order valence-corrected chi connectivity index (χ2v) is 5.79. The average Bonchev–Trinajstić information content (AvgIpc) is 2.63. The molecule has 1 amide bonds. The molecule has 2 aromatic rings. The number of alkyl halides is 2. The van der Waals surface area contributed by atoms with E-state index < -0.39 is 6.61 Å². The fourth-order valence-electron chi connectivity index (χ4n) is 2.79. The van der Waals surface area contributed by atoms with Crippen LogP contribution in [0, 0.1) is 0 Å². The van der Waals surface area contributed by atoms with Gasteiger partial charge in [0.15, 0.2) is 0 Å². The zero-order chi connectivity index (χ0) is 17.6. The molecule has 1 aliphatic heterocycles. The predicted octanol–water partition coefficient (Wildman–Crippen LogP) is 2.64. The highest BCUT2D eigenvalue weighted by Crippen LogP contribution is 2.17. The molecule has 25 heavy (non-hydrogen) atoms. The summed E-state index contributed by atoms with van der Waals surface area (Å²) in [6.45, 7) is 0.697. The summed E-state index contributed by atoms with van der Waals surface area (Å²) in [5, 5.41) is 0. The maximum absolute atomic E-state index is 12.5. The van der Waals surface area contributed by atoms with E-state index in [2.05, 4.69) is 14.6 Å². The van der Waals surface area contributed by atoms with Crippen LogP contribution in [0.3, 0.4) is 0 Å². The van der Waals surface area contributed by atoms with E-state index in [-0.39, 0.29) is 11.7 Å². The third-order valence-corrected chi connectivity index (χ3v) is 4.10. The summed E-state index contributed by atoms with van der Waals surface area (Å²) in [6.07, 6.45) is 1.77. The van der Waals surface area contributed by atoms with Gasteiger partial charge < -0.3 is 9.64 Å². The molecule has 7 heteroatoms. The Kier molecular flexibility index (Phi) is 5.55. The van der Waals surface area contributed by atoms with Gasteiger partial charge in [0, 0.05) is 44.5 Å². The predicted molar refractivity (Wildman–Crippen MR) is 88.5 cm³/mol. The van der Waals surface area contributed by atoms with Gasteiger partial charge in [0.05, 0.1) is 5.69 Å². The van der Waals surface area contributed by atoms with Crippen LogP contribution in [-0.4, -0.2) is 53.5 Å². The molecular weight excluding hydrogens is 328 g/mol. The molecule has 0 bridgehead atoms. The molecule has 0 radical (unpaired) electrons. The van der Waals surface area contributed by atoms with Gasteiger partial charge in [0.1, 0.15) is 5.75 Å². The number of pyridine rings is 1. The molecule has 0 spiro atoms. The summed E-state index contributed by atoms with van der Waals surface area (Å²) in [5.41, 5.74) is 1.48. The van der Waals surface area contributed by atoms with Crippen molar-refractivity contribution in [3.05, 3.63) is 59.9 Å². The Morgan fingerprint density at radius 3 is 2.40 bits per heavy atom. The highest BCUT2D eigenvalue weighted by molar-refractivity contribution is 5.94. The molecule has 0 atom stereocenters. The third-order valence-electron chi connectivity index (χ3n) is 4.10. The second kappa shape index (κ2) is 8.02. The van der Waals surface area contributed by atoms with E-state index in [0.29, 0.717) is 18.7 Å². The number of aromatic nitrogens is 1. The fraction of sp³-hybridized carbons (Fsp3) is 0.333. The van der Waals surface area contributed by atoms with Crippen molar-refractivity contribution >= 4 is 5.91 Å². The molecule has 1 aromatic heterocycles. The number of hydrogen-bond donors (Lipinski definition) is 0. The van der Waals surface area contributed by atoms with Crippen molar-refractivity contribution in [1.29, 1.82) is 0 Å². The van der Waals surface area contributed by atoms with E-state index in [1.165, 1.54) is 24.3 Å². The average molecular weight is 347 g/mol. The Balaban J connectivity index is 1.52. The van der Waals surface area contributed by atoms with Gasteiger partial charge >= 0.3 is 6.61 Å². The van der Waals surface area contributed by atoms with Crippen molar-refractivity contribution in [2.45, 2.75) is 13.2 Å². The van der Waals surface area contributed by atoms with Crippen molar-refractivity contribution in [2.75, 3.05) is 26.2 Å². The number of rotatable bonds is 5. The summed E-state index contributed by atoms with van der Waals surface area (Å²) in [5.74, 6) is -0.0483. The van der Waals surface area contributed by atoms with Crippen LogP contribution in [0.15, 0.2) is 48.7 Å². The number of ether oxygens (including phenoxy) is 1. The van der Waals surface area contributed by atoms with Crippen molar-refractivity contribution in [1.82, 2.24) is 14.8 Å². The molecule has 1 aliphatic rings. The lowest BCUT2D eigenvalue weighted by atomic mass is 10.1. The molecule has 2 heterocycles. The molecule has 0 unspecified atom stereocenters. The lowest BCUT2D eigenvalue weighted by molar-refractivity contribution is -0.0498. The number of carbonyl (C=O) groups is 1. The molecule has 0 saturated carbocycles. The number of hydrogen-bond acceptors (Lipinski definition) is 4. The number of amides is 1. The van der Waals surface area contributed by atoms with Crippen LogP contribution in [0.5, 0.6) is 5.75 Å². The Morgan fingerprint density at radius 2 is 1.80 bits per heavy atom. The van der Waals surface area contributed by atoms with Gasteiger partial charge in [-0.25, -0.2) is 0 Å². The maximum Gasteiger partial charge on any atom is 0.387 e. The molecule has 1 saturated heterocycles. The van der Waals surface area contributed by atoms with Crippen LogP contribution in [0.4, 0.5) is 8.78 Å². The minimum Gasteiger partial charge on any atom is -0.435 e. The van der Waals surface area contributed by atoms with Gasteiger partial charge in [-0.15, -0.1) is 0 Å². The molecule has 3 rings (SSSR count). The number of nitrogens with zero attached hydrogens (tertiary/aromatic N) is 3. The number of piperazine rings is 1. The monoisotopic (exact) mass is 347 g/mol. The van der Waals surface area contributed by atoms with E-state index in [0.717, 1.165) is 25.3 Å². The standard InChI is InChI=1S/C18H19F2N3O2/c19-18(20)25-16-6-4-14(5-7-16)17(24)23-11-9-22(10-12-23)13-15-3-1-2-8-21-15/h1-8,18H,9-13H2. The minimum absolute atomic E-state index is 0.0479. The molecular formula is C18H19F2N3O2. The highest BCUT2D eigenvalue weighted by Gasteiger charge is 2.22. The molecule has 0 N–H and O–H groups in total. The number of carbonyl (C=O) groups excluding carboxylic acids is 1. The molecule has 0 aliphatic carbocycles. The Labute approximate surface area is 144 Å². The molecule has 1 fully saturated rings. The zero-order valence-corrected chi connectivity index (χ0v) is 13.6. The Bertz CT molecular complexity index is 687. The Morgan fingerprint density at radius 1 is 1.08 bits per heavy atom. The number of benzene rings is 1. The van der Waals surface area contributed by atoms with Gasteiger partial charge in [-0.1, -0.05) is 6.07 Å². The summed E-state index contributed by atoms with van der Waals surface area (Å²) in [7, 11) is 0. The zero-order valence-electron chi connectivity index (χ0n) is 13.6. The third kappa shape index (κ3) is 4.73. The summed E-state index contributed by atoms with van der Waals surface area (Å²) < 4.78 is 28.6. The van der Waals surface area contributed by atoms with Gasteiger partial charge in [0.2, 0.25) is 0 Å². The van der Waals surface area contributed by atoms with E-state index in [4.69, 9.17) is 0 Å². The molecule has 5 nitrogen and oxygen atoms in total. The first kappa shape index (κ1) is 17.3. The van der Waals surface area contributed by atoms with Crippen molar-refractivity contribution < 1.29 is 18.3 Å². The molecule has 1 aromatic carbocycles.